The van der Waals surface area contributed by atoms with Gasteiger partial charge in [0.2, 0.25) is 6.79 Å². The Labute approximate surface area is 81.4 Å². The van der Waals surface area contributed by atoms with Crippen molar-refractivity contribution in [2.45, 2.75) is 13.0 Å². The molecule has 0 aliphatic carbocycles. The molecule has 1 aromatic rings. The third-order valence-corrected chi connectivity index (χ3v) is 2.09. The molecule has 0 spiro atoms. The molecule has 1 aliphatic heterocycles. The largest absolute Gasteiger partial charge is 0.454 e. The maximum Gasteiger partial charge on any atom is 0.418 e. The molecule has 1 aromatic carbocycles. The predicted octanol–water partition coefficient (Wildman–Crippen LogP) is 1.56. The van der Waals surface area contributed by atoms with Gasteiger partial charge in [-0.25, -0.2) is 4.79 Å². The van der Waals surface area contributed by atoms with Crippen molar-refractivity contribution in [3.8, 4) is 11.5 Å². The van der Waals surface area contributed by atoms with Gasteiger partial charge in [-0.2, -0.15) is 0 Å². The molecule has 0 fully saturated rings. The molecule has 2 rings (SSSR count). The summed E-state index contributed by atoms with van der Waals surface area (Å²) in [6, 6.07) is 5.42. The molecule has 0 aromatic heterocycles. The van der Waals surface area contributed by atoms with Gasteiger partial charge in [0, 0.05) is 0 Å². The minimum Gasteiger partial charge on any atom is -0.454 e. The van der Waals surface area contributed by atoms with E-state index >= 15 is 0 Å². The van der Waals surface area contributed by atoms with Crippen molar-refractivity contribution in [3.63, 3.8) is 0 Å². The van der Waals surface area contributed by atoms with Crippen LogP contribution in [0.1, 0.15) is 18.6 Å². The molecule has 0 saturated carbocycles. The van der Waals surface area contributed by atoms with Crippen LogP contribution in [0.4, 0.5) is 0 Å². The van der Waals surface area contributed by atoms with E-state index in [-0.39, 0.29) is 12.9 Å². The van der Waals surface area contributed by atoms with Crippen molar-refractivity contribution in [1.29, 1.82) is 0 Å². The first-order valence-corrected chi connectivity index (χ1v) is 4.23. The van der Waals surface area contributed by atoms with Crippen LogP contribution in [0.3, 0.4) is 0 Å². The average molecular weight is 193 g/mol. The van der Waals surface area contributed by atoms with Gasteiger partial charge in [-0.15, -0.1) is 0 Å². The lowest BCUT2D eigenvalue weighted by atomic mass is 10.1. The molecule has 1 aliphatic rings. The summed E-state index contributed by atoms with van der Waals surface area (Å²) in [6.45, 7) is 3.42. The van der Waals surface area contributed by atoms with E-state index in [0.717, 1.165) is 11.3 Å². The fourth-order valence-corrected chi connectivity index (χ4v) is 1.31. The van der Waals surface area contributed by atoms with Crippen LogP contribution in [-0.2, 0) is 9.53 Å². The smallest absolute Gasteiger partial charge is 0.418 e. The molecule has 73 valence electrons. The molecular formula is C10H9O4. The fourth-order valence-electron chi connectivity index (χ4n) is 1.31. The first kappa shape index (κ1) is 8.87. The monoisotopic (exact) mass is 193 g/mol. The summed E-state index contributed by atoms with van der Waals surface area (Å²) < 4.78 is 15.0. The highest BCUT2D eigenvalue weighted by atomic mass is 16.7. The van der Waals surface area contributed by atoms with Crippen LogP contribution in [0.2, 0.25) is 0 Å². The Hall–Kier alpha value is -1.71. The highest BCUT2D eigenvalue weighted by Gasteiger charge is 2.15. The Morgan fingerprint density at radius 2 is 2.21 bits per heavy atom. The number of carbonyl (C=O) groups excluding carboxylic acids is 1. The molecule has 1 unspecified atom stereocenters. The normalized spacial score (nSPS) is 14.9. The summed E-state index contributed by atoms with van der Waals surface area (Å²) in [7, 11) is 0. The summed E-state index contributed by atoms with van der Waals surface area (Å²) in [5.74, 6) is 1.40. The van der Waals surface area contributed by atoms with Gasteiger partial charge in [0.15, 0.2) is 11.5 Å². The molecule has 0 amide bonds. The van der Waals surface area contributed by atoms with E-state index < -0.39 is 0 Å². The van der Waals surface area contributed by atoms with Gasteiger partial charge in [0.1, 0.15) is 6.10 Å². The van der Waals surface area contributed by atoms with Gasteiger partial charge < -0.3 is 14.2 Å². The van der Waals surface area contributed by atoms with Crippen LogP contribution >= 0.6 is 0 Å². The van der Waals surface area contributed by atoms with Crippen molar-refractivity contribution in [3.05, 3.63) is 23.8 Å². The van der Waals surface area contributed by atoms with Crippen LogP contribution in [0.15, 0.2) is 18.2 Å². The molecular weight excluding hydrogens is 184 g/mol. The van der Waals surface area contributed by atoms with Gasteiger partial charge in [0.25, 0.3) is 0 Å². The predicted molar refractivity (Wildman–Crippen MR) is 47.8 cm³/mol. The third-order valence-electron chi connectivity index (χ3n) is 2.09. The second-order valence-corrected chi connectivity index (χ2v) is 2.96. The van der Waals surface area contributed by atoms with Crippen molar-refractivity contribution in [2.24, 2.45) is 0 Å². The molecule has 1 heterocycles. The number of benzene rings is 1. The van der Waals surface area contributed by atoms with E-state index in [9.17, 15) is 4.79 Å². The maximum atomic E-state index is 10.0. The Morgan fingerprint density at radius 1 is 1.43 bits per heavy atom. The number of hydrogen-bond donors (Lipinski definition) is 0. The van der Waals surface area contributed by atoms with Crippen molar-refractivity contribution in [1.82, 2.24) is 0 Å². The fraction of sp³-hybridized carbons (Fsp3) is 0.300. The standard InChI is InChI=1S/C10H9O4/c1-7(12-5-11)8-2-3-9-10(4-8)14-6-13-9/h2-4,7H,6H2,1H3. The Bertz CT molecular complexity index is 348. The number of hydrogen-bond acceptors (Lipinski definition) is 4. The van der Waals surface area contributed by atoms with E-state index in [1.165, 1.54) is 6.47 Å². The molecule has 0 saturated heterocycles. The first-order valence-electron chi connectivity index (χ1n) is 4.23. The maximum absolute atomic E-state index is 10.0. The third kappa shape index (κ3) is 1.51. The summed E-state index contributed by atoms with van der Waals surface area (Å²) in [6.07, 6.45) is -0.318. The lowest BCUT2D eigenvalue weighted by molar-refractivity contribution is 0.173. The van der Waals surface area contributed by atoms with Crippen LogP contribution in [0.5, 0.6) is 11.5 Å². The molecule has 0 bridgehead atoms. The van der Waals surface area contributed by atoms with E-state index in [1.54, 1.807) is 19.1 Å². The van der Waals surface area contributed by atoms with Crippen LogP contribution < -0.4 is 9.47 Å². The molecule has 1 radical (unpaired) electrons. The van der Waals surface area contributed by atoms with Gasteiger partial charge in [-0.3, -0.25) is 0 Å². The van der Waals surface area contributed by atoms with Crippen molar-refractivity contribution in [2.75, 3.05) is 6.79 Å². The molecule has 0 N–H and O–H groups in total. The second-order valence-electron chi connectivity index (χ2n) is 2.96. The van der Waals surface area contributed by atoms with Crippen LogP contribution in [-0.4, -0.2) is 13.3 Å². The first-order chi connectivity index (χ1) is 6.81. The van der Waals surface area contributed by atoms with E-state index in [1.807, 2.05) is 6.07 Å². The molecule has 14 heavy (non-hydrogen) atoms. The van der Waals surface area contributed by atoms with Crippen LogP contribution in [0.25, 0.3) is 0 Å². The zero-order valence-corrected chi connectivity index (χ0v) is 7.65. The summed E-state index contributed by atoms with van der Waals surface area (Å²) >= 11 is 0. The van der Waals surface area contributed by atoms with Gasteiger partial charge in [0.05, 0.1) is 0 Å². The topological polar surface area (TPSA) is 44.8 Å². The lowest BCUT2D eigenvalue weighted by Gasteiger charge is -2.09. The Morgan fingerprint density at radius 3 is 3.00 bits per heavy atom. The minimum absolute atomic E-state index is 0.244. The average Bonchev–Trinajstić information content (AvgIpc) is 2.64. The van der Waals surface area contributed by atoms with Crippen molar-refractivity contribution >= 4 is 6.47 Å². The summed E-state index contributed by atoms with van der Waals surface area (Å²) in [5.41, 5.74) is 0.859. The minimum atomic E-state index is -0.318. The number of rotatable bonds is 3. The summed E-state index contributed by atoms with van der Waals surface area (Å²) in [4.78, 5) is 10.0. The Balaban J connectivity index is 2.23. The van der Waals surface area contributed by atoms with Gasteiger partial charge in [-0.05, 0) is 24.6 Å². The van der Waals surface area contributed by atoms with E-state index in [4.69, 9.17) is 9.47 Å². The van der Waals surface area contributed by atoms with Gasteiger partial charge >= 0.3 is 6.47 Å². The molecule has 1 atom stereocenters. The van der Waals surface area contributed by atoms with E-state index in [0.29, 0.717) is 5.75 Å². The summed E-state index contributed by atoms with van der Waals surface area (Å²) in [5, 5.41) is 0. The lowest BCUT2D eigenvalue weighted by Crippen LogP contribution is -1.97. The zero-order valence-electron chi connectivity index (χ0n) is 7.65. The molecule has 4 nitrogen and oxygen atoms in total. The number of fused-ring (bicyclic) bond motifs is 1. The van der Waals surface area contributed by atoms with Gasteiger partial charge in [-0.1, -0.05) is 6.07 Å². The van der Waals surface area contributed by atoms with Crippen molar-refractivity contribution < 1.29 is 19.0 Å². The van der Waals surface area contributed by atoms with Crippen LogP contribution in [0, 0.1) is 0 Å². The second kappa shape index (κ2) is 3.57. The number of ether oxygens (including phenoxy) is 3. The van der Waals surface area contributed by atoms with E-state index in [2.05, 4.69) is 4.74 Å². The highest BCUT2D eigenvalue weighted by molar-refractivity contribution is 5.46. The quantitative estimate of drug-likeness (QED) is 0.730. The highest BCUT2D eigenvalue weighted by Crippen LogP contribution is 2.34. The zero-order chi connectivity index (χ0) is 9.97. The Kier molecular flexibility index (Phi) is 2.26. The SMILES string of the molecule is CC(O[C]=O)c1ccc2c(c1)OCO2. The molecule has 4 heteroatoms.